The van der Waals surface area contributed by atoms with Crippen LogP contribution < -0.4 is 10.1 Å². The predicted octanol–water partition coefficient (Wildman–Crippen LogP) is 2.80. The number of rotatable bonds is 6. The molecule has 1 heterocycles. The smallest absolute Gasteiger partial charge is 0.137 e. The minimum absolute atomic E-state index is 0.170. The first-order valence-corrected chi connectivity index (χ1v) is 6.33. The van der Waals surface area contributed by atoms with Gasteiger partial charge in [-0.1, -0.05) is 6.92 Å². The van der Waals surface area contributed by atoms with E-state index in [0.29, 0.717) is 0 Å². The highest BCUT2D eigenvalue weighted by Crippen LogP contribution is 2.12. The van der Waals surface area contributed by atoms with Gasteiger partial charge in [0.1, 0.15) is 5.75 Å². The molecule has 0 fully saturated rings. The third-order valence-electron chi connectivity index (χ3n) is 2.31. The standard InChI is InChI=1S/C14H24N2O/c1-5-8-17-13-9-12(10-15-11-13)6-7-16-14(2,3)4/h9-11,16H,5-8H2,1-4H3. The Balaban J connectivity index is 2.43. The predicted molar refractivity (Wildman–Crippen MR) is 71.5 cm³/mol. The van der Waals surface area contributed by atoms with E-state index in [4.69, 9.17) is 4.74 Å². The van der Waals surface area contributed by atoms with E-state index in [1.165, 1.54) is 5.56 Å². The van der Waals surface area contributed by atoms with Gasteiger partial charge in [-0.25, -0.2) is 0 Å². The van der Waals surface area contributed by atoms with Crippen LogP contribution in [-0.2, 0) is 6.42 Å². The van der Waals surface area contributed by atoms with Gasteiger partial charge < -0.3 is 10.1 Å². The first-order valence-electron chi connectivity index (χ1n) is 6.33. The lowest BCUT2D eigenvalue weighted by molar-refractivity contribution is 0.316. The van der Waals surface area contributed by atoms with Crippen LogP contribution in [0.4, 0.5) is 0 Å². The molecule has 0 spiro atoms. The summed E-state index contributed by atoms with van der Waals surface area (Å²) in [4.78, 5) is 4.20. The maximum absolute atomic E-state index is 5.56. The molecule has 0 saturated heterocycles. The molecule has 0 aliphatic carbocycles. The lowest BCUT2D eigenvalue weighted by Gasteiger charge is -2.20. The molecule has 0 saturated carbocycles. The van der Waals surface area contributed by atoms with E-state index in [1.807, 2.05) is 6.20 Å². The van der Waals surface area contributed by atoms with Crippen molar-refractivity contribution >= 4 is 0 Å². The van der Waals surface area contributed by atoms with Crippen LogP contribution in [0.3, 0.4) is 0 Å². The third-order valence-corrected chi connectivity index (χ3v) is 2.31. The summed E-state index contributed by atoms with van der Waals surface area (Å²) in [6.45, 7) is 10.3. The van der Waals surface area contributed by atoms with Crippen molar-refractivity contribution in [3.63, 3.8) is 0 Å². The first kappa shape index (κ1) is 14.0. The molecule has 1 aromatic rings. The molecule has 0 radical (unpaired) electrons. The van der Waals surface area contributed by atoms with Crippen LogP contribution in [-0.4, -0.2) is 23.7 Å². The molecule has 1 N–H and O–H groups in total. The molecule has 0 aromatic carbocycles. The lowest BCUT2D eigenvalue weighted by atomic mass is 10.1. The van der Waals surface area contributed by atoms with Gasteiger partial charge >= 0.3 is 0 Å². The van der Waals surface area contributed by atoms with Crippen LogP contribution in [0.25, 0.3) is 0 Å². The van der Waals surface area contributed by atoms with E-state index in [1.54, 1.807) is 6.20 Å². The fraction of sp³-hybridized carbons (Fsp3) is 0.643. The van der Waals surface area contributed by atoms with Gasteiger partial charge in [0.05, 0.1) is 12.8 Å². The Kier molecular flexibility index (Phi) is 5.42. The van der Waals surface area contributed by atoms with Gasteiger partial charge in [-0.05, 0) is 51.8 Å². The highest BCUT2D eigenvalue weighted by atomic mass is 16.5. The molecule has 0 amide bonds. The van der Waals surface area contributed by atoms with Crippen molar-refractivity contribution in [3.8, 4) is 5.75 Å². The summed E-state index contributed by atoms with van der Waals surface area (Å²) >= 11 is 0. The SMILES string of the molecule is CCCOc1cncc(CCNC(C)(C)C)c1. The van der Waals surface area contributed by atoms with Crippen molar-refractivity contribution in [2.75, 3.05) is 13.2 Å². The maximum Gasteiger partial charge on any atom is 0.137 e. The van der Waals surface area contributed by atoms with Crippen molar-refractivity contribution in [1.82, 2.24) is 10.3 Å². The highest BCUT2D eigenvalue weighted by Gasteiger charge is 2.07. The molecule has 3 nitrogen and oxygen atoms in total. The minimum atomic E-state index is 0.170. The largest absolute Gasteiger partial charge is 0.492 e. The second kappa shape index (κ2) is 6.60. The quantitative estimate of drug-likeness (QED) is 0.824. The summed E-state index contributed by atoms with van der Waals surface area (Å²) in [7, 11) is 0. The summed E-state index contributed by atoms with van der Waals surface area (Å²) in [5.41, 5.74) is 1.39. The number of nitrogens with one attached hydrogen (secondary N) is 1. The molecule has 0 aliphatic rings. The van der Waals surface area contributed by atoms with Crippen molar-refractivity contribution in [3.05, 3.63) is 24.0 Å². The Morgan fingerprint density at radius 3 is 2.71 bits per heavy atom. The topological polar surface area (TPSA) is 34.1 Å². The first-order chi connectivity index (χ1) is 8.01. The molecule has 17 heavy (non-hydrogen) atoms. The van der Waals surface area contributed by atoms with E-state index >= 15 is 0 Å². The van der Waals surface area contributed by atoms with Gasteiger partial charge in [-0.2, -0.15) is 0 Å². The van der Waals surface area contributed by atoms with Gasteiger partial charge in [0.25, 0.3) is 0 Å². The molecule has 96 valence electrons. The minimum Gasteiger partial charge on any atom is -0.492 e. The highest BCUT2D eigenvalue weighted by molar-refractivity contribution is 5.23. The normalized spacial score (nSPS) is 11.5. The van der Waals surface area contributed by atoms with Gasteiger partial charge in [-0.3, -0.25) is 4.98 Å². The lowest BCUT2D eigenvalue weighted by Crippen LogP contribution is -2.37. The monoisotopic (exact) mass is 236 g/mol. The Hall–Kier alpha value is -1.09. The van der Waals surface area contributed by atoms with E-state index < -0.39 is 0 Å². The molecule has 3 heteroatoms. The summed E-state index contributed by atoms with van der Waals surface area (Å²) < 4.78 is 5.56. The van der Waals surface area contributed by atoms with Crippen LogP contribution >= 0.6 is 0 Å². The number of hydrogen-bond acceptors (Lipinski definition) is 3. The van der Waals surface area contributed by atoms with Crippen molar-refractivity contribution in [2.24, 2.45) is 0 Å². The Morgan fingerprint density at radius 2 is 2.06 bits per heavy atom. The molecule has 1 rings (SSSR count). The zero-order valence-electron chi connectivity index (χ0n) is 11.4. The van der Waals surface area contributed by atoms with Crippen molar-refractivity contribution in [2.45, 2.75) is 46.1 Å². The Labute approximate surface area is 105 Å². The summed E-state index contributed by atoms with van der Waals surface area (Å²) in [5, 5.41) is 3.46. The van der Waals surface area contributed by atoms with Gasteiger partial charge in [-0.15, -0.1) is 0 Å². The van der Waals surface area contributed by atoms with Crippen molar-refractivity contribution < 1.29 is 4.74 Å². The average molecular weight is 236 g/mol. The number of aromatic nitrogens is 1. The second-order valence-corrected chi connectivity index (χ2v) is 5.30. The maximum atomic E-state index is 5.56. The van der Waals surface area contributed by atoms with E-state index in [0.717, 1.165) is 31.7 Å². The van der Waals surface area contributed by atoms with Crippen LogP contribution in [0.15, 0.2) is 18.5 Å². The molecular weight excluding hydrogens is 212 g/mol. The zero-order valence-corrected chi connectivity index (χ0v) is 11.4. The molecular formula is C14H24N2O. The fourth-order valence-electron chi connectivity index (χ4n) is 1.48. The third kappa shape index (κ3) is 6.27. The molecule has 1 aromatic heterocycles. The van der Waals surface area contributed by atoms with Crippen LogP contribution in [0.1, 0.15) is 39.7 Å². The second-order valence-electron chi connectivity index (χ2n) is 5.30. The van der Waals surface area contributed by atoms with E-state index in [2.05, 4.69) is 44.1 Å². The van der Waals surface area contributed by atoms with Crippen molar-refractivity contribution in [1.29, 1.82) is 0 Å². The molecule has 0 bridgehead atoms. The van der Waals surface area contributed by atoms with Gasteiger partial charge in [0, 0.05) is 11.7 Å². The number of pyridine rings is 1. The molecule has 0 aliphatic heterocycles. The number of nitrogens with zero attached hydrogens (tertiary/aromatic N) is 1. The van der Waals surface area contributed by atoms with Crippen LogP contribution in [0, 0.1) is 0 Å². The van der Waals surface area contributed by atoms with Gasteiger partial charge in [0.15, 0.2) is 0 Å². The fourth-order valence-corrected chi connectivity index (χ4v) is 1.48. The van der Waals surface area contributed by atoms with E-state index in [-0.39, 0.29) is 5.54 Å². The Morgan fingerprint density at radius 1 is 1.29 bits per heavy atom. The zero-order chi connectivity index (χ0) is 12.7. The van der Waals surface area contributed by atoms with E-state index in [9.17, 15) is 0 Å². The summed E-state index contributed by atoms with van der Waals surface area (Å²) in [6.07, 6.45) is 5.68. The average Bonchev–Trinajstić information content (AvgIpc) is 2.25. The van der Waals surface area contributed by atoms with Crippen LogP contribution in [0.2, 0.25) is 0 Å². The van der Waals surface area contributed by atoms with Gasteiger partial charge in [0.2, 0.25) is 0 Å². The van der Waals surface area contributed by atoms with Crippen LogP contribution in [0.5, 0.6) is 5.75 Å². The molecule has 0 unspecified atom stereocenters. The summed E-state index contributed by atoms with van der Waals surface area (Å²) in [5.74, 6) is 0.875. The molecule has 0 atom stereocenters. The number of ether oxygens (including phenoxy) is 1. The Bertz CT molecular complexity index is 331. The number of hydrogen-bond donors (Lipinski definition) is 1. The summed E-state index contributed by atoms with van der Waals surface area (Å²) in [6, 6.07) is 2.08.